The lowest BCUT2D eigenvalue weighted by Gasteiger charge is -2.28. The summed E-state index contributed by atoms with van der Waals surface area (Å²) in [5.41, 5.74) is 0.587. The van der Waals surface area contributed by atoms with E-state index in [1.807, 2.05) is 39.0 Å². The summed E-state index contributed by atoms with van der Waals surface area (Å²) in [5, 5.41) is 0.681. The Morgan fingerprint density at radius 3 is 2.91 bits per heavy atom. The van der Waals surface area contributed by atoms with Gasteiger partial charge in [-0.1, -0.05) is 23.7 Å². The van der Waals surface area contributed by atoms with Crippen LogP contribution in [0.25, 0.3) is 0 Å². The van der Waals surface area contributed by atoms with Crippen molar-refractivity contribution in [3.05, 3.63) is 33.3 Å². The third-order valence-corrected chi connectivity index (χ3v) is 4.96. The van der Waals surface area contributed by atoms with E-state index < -0.39 is 5.60 Å². The molecule has 1 aromatic carbocycles. The van der Waals surface area contributed by atoms with Gasteiger partial charge in [0.15, 0.2) is 0 Å². The van der Waals surface area contributed by atoms with Gasteiger partial charge in [0.25, 0.3) is 0 Å². The van der Waals surface area contributed by atoms with Gasteiger partial charge in [-0.2, -0.15) is 0 Å². The first-order chi connectivity index (χ1) is 10.8. The van der Waals surface area contributed by atoms with Crippen molar-refractivity contribution in [2.75, 3.05) is 19.7 Å². The Morgan fingerprint density at radius 2 is 2.22 bits per heavy atom. The summed E-state index contributed by atoms with van der Waals surface area (Å²) < 4.78 is 12.3. The van der Waals surface area contributed by atoms with Crippen LogP contribution in [0, 0.1) is 0 Å². The van der Waals surface area contributed by atoms with E-state index in [1.54, 1.807) is 4.90 Å². The Bertz CT molecular complexity index is 559. The molecule has 128 valence electrons. The molecule has 0 radical (unpaired) electrons. The van der Waals surface area contributed by atoms with Gasteiger partial charge in [-0.15, -0.1) is 0 Å². The Balaban J connectivity index is 2.05. The summed E-state index contributed by atoms with van der Waals surface area (Å²) in [6.07, 6.45) is 1.16. The minimum Gasteiger partial charge on any atom is -0.444 e. The molecule has 1 aliphatic heterocycles. The molecule has 2 rings (SSSR count). The van der Waals surface area contributed by atoms with Crippen molar-refractivity contribution in [1.29, 1.82) is 0 Å². The van der Waals surface area contributed by atoms with Crippen LogP contribution in [-0.4, -0.2) is 42.4 Å². The van der Waals surface area contributed by atoms with Gasteiger partial charge >= 0.3 is 6.09 Å². The average molecular weight is 405 g/mol. The Morgan fingerprint density at radius 1 is 1.48 bits per heavy atom. The highest BCUT2D eigenvalue weighted by Gasteiger charge is 2.27. The van der Waals surface area contributed by atoms with Gasteiger partial charge in [0.1, 0.15) is 5.60 Å². The minimum atomic E-state index is -0.490. The number of amides is 1. The molecule has 1 heterocycles. The first kappa shape index (κ1) is 18.6. The van der Waals surface area contributed by atoms with Gasteiger partial charge < -0.3 is 14.4 Å². The van der Waals surface area contributed by atoms with Crippen LogP contribution in [0.15, 0.2) is 22.7 Å². The third kappa shape index (κ3) is 5.66. The van der Waals surface area contributed by atoms with Crippen molar-refractivity contribution in [3.63, 3.8) is 0 Å². The quantitative estimate of drug-likeness (QED) is 0.719. The fraction of sp³-hybridized carbons (Fsp3) is 0.588. The SMILES string of the molecule is CC(C)(C)OC(=O)N1CCCOC(Cc2cccc(Cl)c2Br)C1. The summed E-state index contributed by atoms with van der Waals surface area (Å²) >= 11 is 9.66. The molecule has 0 aliphatic carbocycles. The molecule has 0 saturated carbocycles. The van der Waals surface area contributed by atoms with Crippen LogP contribution in [0.3, 0.4) is 0 Å². The topological polar surface area (TPSA) is 38.8 Å². The van der Waals surface area contributed by atoms with Crippen LogP contribution < -0.4 is 0 Å². The molecule has 1 unspecified atom stereocenters. The Labute approximate surface area is 151 Å². The van der Waals surface area contributed by atoms with Gasteiger partial charge in [-0.05, 0) is 54.8 Å². The average Bonchev–Trinajstić information content (AvgIpc) is 2.68. The molecule has 0 N–H and O–H groups in total. The molecule has 1 fully saturated rings. The van der Waals surface area contributed by atoms with E-state index >= 15 is 0 Å². The maximum atomic E-state index is 12.3. The summed E-state index contributed by atoms with van der Waals surface area (Å²) in [4.78, 5) is 14.0. The van der Waals surface area contributed by atoms with Crippen LogP contribution in [0.1, 0.15) is 32.8 Å². The fourth-order valence-corrected chi connectivity index (χ4v) is 3.08. The van der Waals surface area contributed by atoms with Crippen LogP contribution in [0.4, 0.5) is 4.79 Å². The Kier molecular flexibility index (Phi) is 6.34. The van der Waals surface area contributed by atoms with E-state index in [2.05, 4.69) is 15.9 Å². The number of carbonyl (C=O) groups is 1. The van der Waals surface area contributed by atoms with Gasteiger partial charge in [0.2, 0.25) is 0 Å². The number of nitrogens with zero attached hydrogens (tertiary/aromatic N) is 1. The van der Waals surface area contributed by atoms with Crippen molar-refractivity contribution >= 4 is 33.6 Å². The van der Waals surface area contributed by atoms with Crippen molar-refractivity contribution in [1.82, 2.24) is 4.90 Å². The second-order valence-corrected chi connectivity index (χ2v) is 7.89. The molecule has 1 amide bonds. The van der Waals surface area contributed by atoms with Gasteiger partial charge in [0, 0.05) is 24.0 Å². The molecule has 1 saturated heterocycles. The third-order valence-electron chi connectivity index (χ3n) is 3.48. The molecule has 1 aliphatic rings. The van der Waals surface area contributed by atoms with Crippen LogP contribution in [0.2, 0.25) is 5.02 Å². The molecule has 1 atom stereocenters. The number of carbonyl (C=O) groups excluding carboxylic acids is 1. The van der Waals surface area contributed by atoms with Crippen molar-refractivity contribution < 1.29 is 14.3 Å². The van der Waals surface area contributed by atoms with Crippen molar-refractivity contribution in [3.8, 4) is 0 Å². The molecule has 0 aromatic heterocycles. The lowest BCUT2D eigenvalue weighted by molar-refractivity contribution is 0.0144. The molecule has 4 nitrogen and oxygen atoms in total. The normalized spacial score (nSPS) is 19.3. The molecule has 23 heavy (non-hydrogen) atoms. The predicted octanol–water partition coefficient (Wildman–Crippen LogP) is 4.67. The molecule has 0 spiro atoms. The smallest absolute Gasteiger partial charge is 0.410 e. The number of ether oxygens (including phenoxy) is 2. The number of halogens is 2. The number of benzene rings is 1. The second-order valence-electron chi connectivity index (χ2n) is 6.69. The summed E-state index contributed by atoms with van der Waals surface area (Å²) in [7, 11) is 0. The molecular weight excluding hydrogens is 382 g/mol. The van der Waals surface area contributed by atoms with Crippen molar-refractivity contribution in [2.45, 2.75) is 45.3 Å². The van der Waals surface area contributed by atoms with Gasteiger partial charge in [-0.3, -0.25) is 0 Å². The summed E-state index contributed by atoms with van der Waals surface area (Å²) in [6, 6.07) is 5.78. The molecule has 1 aromatic rings. The maximum Gasteiger partial charge on any atom is 0.410 e. The van der Waals surface area contributed by atoms with Crippen molar-refractivity contribution in [2.24, 2.45) is 0 Å². The van der Waals surface area contributed by atoms with Gasteiger partial charge in [-0.25, -0.2) is 4.79 Å². The molecule has 6 heteroatoms. The highest BCUT2D eigenvalue weighted by atomic mass is 79.9. The summed E-state index contributed by atoms with van der Waals surface area (Å²) in [6.45, 7) is 7.44. The van der Waals surface area contributed by atoms with Crippen LogP contribution >= 0.6 is 27.5 Å². The van der Waals surface area contributed by atoms with Crippen LogP contribution in [-0.2, 0) is 15.9 Å². The van der Waals surface area contributed by atoms with E-state index in [0.29, 0.717) is 31.1 Å². The number of hydrogen-bond donors (Lipinski definition) is 0. The highest BCUT2D eigenvalue weighted by Crippen LogP contribution is 2.28. The van der Waals surface area contributed by atoms with E-state index in [-0.39, 0.29) is 12.2 Å². The zero-order valence-corrected chi connectivity index (χ0v) is 16.1. The molecule has 0 bridgehead atoms. The first-order valence-corrected chi connectivity index (χ1v) is 8.96. The predicted molar refractivity (Wildman–Crippen MR) is 95.0 cm³/mol. The highest BCUT2D eigenvalue weighted by molar-refractivity contribution is 9.10. The second kappa shape index (κ2) is 7.86. The number of rotatable bonds is 2. The van der Waals surface area contributed by atoms with E-state index in [1.165, 1.54) is 0 Å². The number of hydrogen-bond acceptors (Lipinski definition) is 3. The largest absolute Gasteiger partial charge is 0.444 e. The Hall–Kier alpha value is -0.780. The standard InChI is InChI=1S/C17H23BrClNO3/c1-17(2,3)23-16(21)20-8-5-9-22-13(11-20)10-12-6-4-7-14(19)15(12)18/h4,6-7,13H,5,8-11H2,1-3H3. The van der Waals surface area contributed by atoms with Gasteiger partial charge in [0.05, 0.1) is 17.7 Å². The molecular formula is C17H23BrClNO3. The van der Waals surface area contributed by atoms with Crippen LogP contribution in [0.5, 0.6) is 0 Å². The monoisotopic (exact) mass is 403 g/mol. The maximum absolute atomic E-state index is 12.3. The lowest BCUT2D eigenvalue weighted by Crippen LogP contribution is -2.41. The fourth-order valence-electron chi connectivity index (χ4n) is 2.46. The zero-order valence-electron chi connectivity index (χ0n) is 13.8. The lowest BCUT2D eigenvalue weighted by atomic mass is 10.1. The van der Waals surface area contributed by atoms with E-state index in [0.717, 1.165) is 16.5 Å². The zero-order chi connectivity index (χ0) is 17.0. The first-order valence-electron chi connectivity index (χ1n) is 7.78. The van der Waals surface area contributed by atoms with E-state index in [9.17, 15) is 4.79 Å². The minimum absolute atomic E-state index is 0.0696. The summed E-state index contributed by atoms with van der Waals surface area (Å²) in [5.74, 6) is 0. The van der Waals surface area contributed by atoms with E-state index in [4.69, 9.17) is 21.1 Å².